The summed E-state index contributed by atoms with van der Waals surface area (Å²) < 4.78 is 16.7. The van der Waals surface area contributed by atoms with Gasteiger partial charge in [0, 0.05) is 28.3 Å². The minimum absolute atomic E-state index is 0.00747. The minimum Gasteiger partial charge on any atom is -0.494 e. The first-order chi connectivity index (χ1) is 9.06. The number of benzene rings is 1. The van der Waals surface area contributed by atoms with Gasteiger partial charge >= 0.3 is 0 Å². The second-order valence-electron chi connectivity index (χ2n) is 4.15. The van der Waals surface area contributed by atoms with Crippen molar-refractivity contribution in [3.05, 3.63) is 18.2 Å². The molecule has 6 heteroatoms. The minimum atomic E-state index is -1.11. The van der Waals surface area contributed by atoms with Gasteiger partial charge in [0.15, 0.2) is 0 Å². The topological polar surface area (TPSA) is 81.4 Å². The van der Waals surface area contributed by atoms with Crippen molar-refractivity contribution in [2.45, 2.75) is 19.8 Å². The summed E-state index contributed by atoms with van der Waals surface area (Å²) in [5.74, 6) is 0.779. The summed E-state index contributed by atoms with van der Waals surface area (Å²) in [4.78, 5) is 11.7. The molecule has 0 saturated heterocycles. The number of ether oxygens (including phenoxy) is 1. The van der Waals surface area contributed by atoms with E-state index < -0.39 is 10.8 Å². The summed E-state index contributed by atoms with van der Waals surface area (Å²) in [6.07, 6.45) is 1.84. The Bertz CT molecular complexity index is 463. The summed E-state index contributed by atoms with van der Waals surface area (Å²) in [5.41, 5.74) is 6.72. The van der Waals surface area contributed by atoms with Crippen molar-refractivity contribution in [3.8, 4) is 5.75 Å². The number of nitrogens with one attached hydrogen (secondary N) is 1. The second-order valence-corrected chi connectivity index (χ2v) is 5.73. The molecule has 0 aliphatic heterocycles. The van der Waals surface area contributed by atoms with E-state index in [1.807, 2.05) is 6.92 Å². The van der Waals surface area contributed by atoms with Crippen molar-refractivity contribution in [1.82, 2.24) is 0 Å². The number of hydrogen-bond donors (Lipinski definition) is 2. The van der Waals surface area contributed by atoms with Crippen LogP contribution < -0.4 is 15.8 Å². The zero-order chi connectivity index (χ0) is 14.3. The Kier molecular flexibility index (Phi) is 6.35. The van der Waals surface area contributed by atoms with Crippen LogP contribution >= 0.6 is 0 Å². The number of carbonyl (C=O) groups excluding carboxylic acids is 1. The fourth-order valence-corrected chi connectivity index (χ4v) is 2.64. The molecule has 1 unspecified atom stereocenters. The molecule has 0 heterocycles. The van der Waals surface area contributed by atoms with Gasteiger partial charge in [0.25, 0.3) is 0 Å². The molecule has 0 aromatic heterocycles. The Morgan fingerprint density at radius 2 is 2.21 bits per heavy atom. The molecule has 0 aliphatic rings. The molecule has 3 N–H and O–H groups in total. The lowest BCUT2D eigenvalue weighted by Gasteiger charge is -2.10. The van der Waals surface area contributed by atoms with Crippen molar-refractivity contribution in [2.24, 2.45) is 0 Å². The third kappa shape index (κ3) is 5.30. The van der Waals surface area contributed by atoms with E-state index in [0.29, 0.717) is 22.9 Å². The molecular formula is C13H20N2O3S. The predicted octanol–water partition coefficient (Wildman–Crippen LogP) is 1.76. The fourth-order valence-electron chi connectivity index (χ4n) is 1.52. The van der Waals surface area contributed by atoms with Gasteiger partial charge < -0.3 is 15.8 Å². The average Bonchev–Trinajstić information content (AvgIpc) is 2.38. The third-order valence-corrected chi connectivity index (χ3v) is 3.85. The molecule has 19 heavy (non-hydrogen) atoms. The Morgan fingerprint density at radius 1 is 1.47 bits per heavy atom. The first-order valence-electron chi connectivity index (χ1n) is 6.15. The quantitative estimate of drug-likeness (QED) is 0.748. The highest BCUT2D eigenvalue weighted by molar-refractivity contribution is 7.85. The van der Waals surface area contributed by atoms with Crippen LogP contribution in [-0.4, -0.2) is 28.7 Å². The van der Waals surface area contributed by atoms with Crippen LogP contribution in [0.15, 0.2) is 18.2 Å². The number of amides is 1. The van der Waals surface area contributed by atoms with Crippen LogP contribution in [0, 0.1) is 0 Å². The molecule has 0 saturated carbocycles. The van der Waals surface area contributed by atoms with Gasteiger partial charge in [0.2, 0.25) is 5.91 Å². The number of nitrogens with two attached hydrogens (primary N) is 1. The molecule has 106 valence electrons. The van der Waals surface area contributed by atoms with E-state index in [-0.39, 0.29) is 11.7 Å². The zero-order valence-electron chi connectivity index (χ0n) is 11.3. The number of hydrogen-bond acceptors (Lipinski definition) is 4. The summed E-state index contributed by atoms with van der Waals surface area (Å²) in [6.45, 7) is 2.02. The molecular weight excluding hydrogens is 264 g/mol. The van der Waals surface area contributed by atoms with Crippen LogP contribution in [0.2, 0.25) is 0 Å². The smallest absolute Gasteiger partial charge is 0.237 e. The van der Waals surface area contributed by atoms with Crippen LogP contribution in [0.4, 0.5) is 11.4 Å². The highest BCUT2D eigenvalue weighted by Gasteiger charge is 2.11. The maximum absolute atomic E-state index is 11.7. The summed E-state index contributed by atoms with van der Waals surface area (Å²) >= 11 is 0. The maximum atomic E-state index is 11.7. The summed E-state index contributed by atoms with van der Waals surface area (Å²) in [5, 5.41) is 2.68. The van der Waals surface area contributed by atoms with E-state index in [1.165, 1.54) is 7.11 Å². The first-order valence-corrected chi connectivity index (χ1v) is 7.64. The van der Waals surface area contributed by atoms with Crippen LogP contribution in [0.25, 0.3) is 0 Å². The molecule has 1 aromatic carbocycles. The lowest BCUT2D eigenvalue weighted by atomic mass is 10.2. The van der Waals surface area contributed by atoms with Gasteiger partial charge in [-0.3, -0.25) is 9.00 Å². The predicted molar refractivity (Wildman–Crippen MR) is 78.8 cm³/mol. The average molecular weight is 284 g/mol. The van der Waals surface area contributed by atoms with Crippen LogP contribution in [0.3, 0.4) is 0 Å². The second kappa shape index (κ2) is 7.78. The summed E-state index contributed by atoms with van der Waals surface area (Å²) in [6, 6.07) is 4.97. The molecule has 0 fully saturated rings. The Balaban J connectivity index is 2.59. The molecule has 1 rings (SSSR count). The van der Waals surface area contributed by atoms with Crippen molar-refractivity contribution >= 4 is 28.1 Å². The molecule has 1 atom stereocenters. The Labute approximate surface area is 116 Å². The number of anilines is 2. The van der Waals surface area contributed by atoms with Gasteiger partial charge in [-0.1, -0.05) is 13.3 Å². The highest BCUT2D eigenvalue weighted by atomic mass is 32.2. The van der Waals surface area contributed by atoms with Gasteiger partial charge in [0.05, 0.1) is 12.8 Å². The molecule has 0 bridgehead atoms. The first kappa shape index (κ1) is 15.5. The highest BCUT2D eigenvalue weighted by Crippen LogP contribution is 2.26. The van der Waals surface area contributed by atoms with E-state index >= 15 is 0 Å². The van der Waals surface area contributed by atoms with E-state index in [0.717, 1.165) is 12.8 Å². The van der Waals surface area contributed by atoms with Crippen molar-refractivity contribution < 1.29 is 13.7 Å². The van der Waals surface area contributed by atoms with Crippen molar-refractivity contribution in [2.75, 3.05) is 29.7 Å². The van der Waals surface area contributed by atoms with Crippen LogP contribution in [0.5, 0.6) is 5.75 Å². The number of nitrogen functional groups attached to an aromatic ring is 1. The molecule has 1 amide bonds. The maximum Gasteiger partial charge on any atom is 0.237 e. The molecule has 1 aromatic rings. The monoisotopic (exact) mass is 284 g/mol. The number of methoxy groups -OCH3 is 1. The van der Waals surface area contributed by atoms with Crippen LogP contribution in [0.1, 0.15) is 19.8 Å². The Morgan fingerprint density at radius 3 is 2.84 bits per heavy atom. The lowest BCUT2D eigenvalue weighted by molar-refractivity contribution is -0.113. The van der Waals surface area contributed by atoms with Crippen LogP contribution in [-0.2, 0) is 15.6 Å². The Hall–Kier alpha value is -1.56. The molecule has 0 spiro atoms. The summed E-state index contributed by atoms with van der Waals surface area (Å²) in [7, 11) is 0.390. The zero-order valence-corrected chi connectivity index (χ0v) is 12.1. The van der Waals surface area contributed by atoms with E-state index in [9.17, 15) is 9.00 Å². The van der Waals surface area contributed by atoms with Crippen molar-refractivity contribution in [1.29, 1.82) is 0 Å². The molecule has 0 aliphatic carbocycles. The van der Waals surface area contributed by atoms with Gasteiger partial charge in [-0.05, 0) is 18.6 Å². The standard InChI is InChI=1S/C13H20N2O3S/c1-3-4-7-19(17)9-13(16)15-11-6-5-10(14)8-12(11)18-2/h5-6,8H,3-4,7,9,14H2,1-2H3,(H,15,16). The molecule has 0 radical (unpaired) electrons. The molecule has 5 nitrogen and oxygen atoms in total. The number of carbonyl (C=O) groups is 1. The third-order valence-electron chi connectivity index (χ3n) is 2.52. The normalized spacial score (nSPS) is 11.9. The van der Waals surface area contributed by atoms with E-state index in [2.05, 4.69) is 5.32 Å². The van der Waals surface area contributed by atoms with Gasteiger partial charge in [-0.25, -0.2) is 0 Å². The van der Waals surface area contributed by atoms with E-state index in [1.54, 1.807) is 18.2 Å². The largest absolute Gasteiger partial charge is 0.494 e. The van der Waals surface area contributed by atoms with Crippen molar-refractivity contribution in [3.63, 3.8) is 0 Å². The van der Waals surface area contributed by atoms with Gasteiger partial charge in [-0.15, -0.1) is 0 Å². The number of unbranched alkanes of at least 4 members (excludes halogenated alkanes) is 1. The van der Waals surface area contributed by atoms with Gasteiger partial charge in [-0.2, -0.15) is 0 Å². The van der Waals surface area contributed by atoms with Gasteiger partial charge in [0.1, 0.15) is 11.5 Å². The fraction of sp³-hybridized carbons (Fsp3) is 0.462. The number of rotatable bonds is 7. The lowest BCUT2D eigenvalue weighted by Crippen LogP contribution is -2.21. The SMILES string of the molecule is CCCCS(=O)CC(=O)Nc1ccc(N)cc1OC. The van der Waals surface area contributed by atoms with E-state index in [4.69, 9.17) is 10.5 Å².